The highest BCUT2D eigenvalue weighted by atomic mass is 14.9. The summed E-state index contributed by atoms with van der Waals surface area (Å²) in [5.74, 6) is 0. The first-order valence-electron chi connectivity index (χ1n) is 6.10. The van der Waals surface area contributed by atoms with Crippen molar-refractivity contribution >= 4 is 5.69 Å². The van der Waals surface area contributed by atoms with Crippen molar-refractivity contribution in [3.63, 3.8) is 0 Å². The van der Waals surface area contributed by atoms with Crippen LogP contribution in [0.1, 0.15) is 43.6 Å². The fourth-order valence-electron chi connectivity index (χ4n) is 2.22. The van der Waals surface area contributed by atoms with Crippen LogP contribution in [0.25, 0.3) is 0 Å². The van der Waals surface area contributed by atoms with Crippen molar-refractivity contribution in [2.24, 2.45) is 0 Å². The van der Waals surface area contributed by atoms with Crippen molar-refractivity contribution in [3.8, 4) is 0 Å². The Bertz CT molecular complexity index is 345. The van der Waals surface area contributed by atoms with E-state index in [1.54, 1.807) is 0 Å². The maximum absolute atomic E-state index is 4.81. The van der Waals surface area contributed by atoms with Gasteiger partial charge < -0.3 is 5.32 Å². The zero-order chi connectivity index (χ0) is 10.7. The van der Waals surface area contributed by atoms with Gasteiger partial charge in [0.15, 0.2) is 0 Å². The van der Waals surface area contributed by atoms with E-state index in [2.05, 4.69) is 25.2 Å². The van der Waals surface area contributed by atoms with E-state index in [0.29, 0.717) is 0 Å². The van der Waals surface area contributed by atoms with Gasteiger partial charge in [0, 0.05) is 12.2 Å². The third kappa shape index (κ3) is 2.14. The molecule has 0 amide bonds. The SMILES string of the molecule is CCCc1nc2c(cc1CC)NCCC2. The summed E-state index contributed by atoms with van der Waals surface area (Å²) in [4.78, 5) is 4.81. The zero-order valence-corrected chi connectivity index (χ0v) is 9.77. The van der Waals surface area contributed by atoms with E-state index in [-0.39, 0.29) is 0 Å². The van der Waals surface area contributed by atoms with Crippen LogP contribution in [0, 0.1) is 0 Å². The molecule has 1 aromatic heterocycles. The molecule has 0 radical (unpaired) electrons. The number of fused-ring (bicyclic) bond motifs is 1. The van der Waals surface area contributed by atoms with Gasteiger partial charge >= 0.3 is 0 Å². The summed E-state index contributed by atoms with van der Waals surface area (Å²) < 4.78 is 0. The van der Waals surface area contributed by atoms with Gasteiger partial charge in [-0.3, -0.25) is 4.98 Å². The number of pyridine rings is 1. The number of aromatic nitrogens is 1. The summed E-state index contributed by atoms with van der Waals surface area (Å²) in [6.45, 7) is 5.54. The second-order valence-electron chi connectivity index (χ2n) is 4.22. The summed E-state index contributed by atoms with van der Waals surface area (Å²) in [7, 11) is 0. The molecule has 2 heterocycles. The topological polar surface area (TPSA) is 24.9 Å². The Morgan fingerprint density at radius 1 is 1.40 bits per heavy atom. The normalized spacial score (nSPS) is 14.5. The molecule has 0 fully saturated rings. The number of nitrogens with one attached hydrogen (secondary N) is 1. The van der Waals surface area contributed by atoms with Crippen LogP contribution in [0.5, 0.6) is 0 Å². The molecule has 1 aliphatic rings. The molecule has 0 atom stereocenters. The van der Waals surface area contributed by atoms with Crippen LogP contribution in [0.2, 0.25) is 0 Å². The minimum absolute atomic E-state index is 1.09. The van der Waals surface area contributed by atoms with Crippen molar-refractivity contribution in [2.75, 3.05) is 11.9 Å². The molecule has 0 saturated heterocycles. The first-order valence-corrected chi connectivity index (χ1v) is 6.10. The fourth-order valence-corrected chi connectivity index (χ4v) is 2.22. The predicted molar refractivity (Wildman–Crippen MR) is 64.4 cm³/mol. The first kappa shape index (κ1) is 10.5. The van der Waals surface area contributed by atoms with Crippen molar-refractivity contribution in [3.05, 3.63) is 23.0 Å². The third-order valence-corrected chi connectivity index (χ3v) is 3.04. The molecule has 1 aliphatic heterocycles. The lowest BCUT2D eigenvalue weighted by atomic mass is 10.0. The summed E-state index contributed by atoms with van der Waals surface area (Å²) in [5.41, 5.74) is 5.30. The van der Waals surface area contributed by atoms with Crippen LogP contribution in [0.15, 0.2) is 6.07 Å². The number of anilines is 1. The van der Waals surface area contributed by atoms with Gasteiger partial charge in [-0.2, -0.15) is 0 Å². The molecule has 0 bridgehead atoms. The molecule has 0 aliphatic carbocycles. The minimum atomic E-state index is 1.09. The van der Waals surface area contributed by atoms with Crippen molar-refractivity contribution < 1.29 is 0 Å². The van der Waals surface area contributed by atoms with Gasteiger partial charge in [0.2, 0.25) is 0 Å². The smallest absolute Gasteiger partial charge is 0.0638 e. The average molecular weight is 204 g/mol. The van der Waals surface area contributed by atoms with E-state index < -0.39 is 0 Å². The molecule has 2 heteroatoms. The zero-order valence-electron chi connectivity index (χ0n) is 9.77. The maximum Gasteiger partial charge on any atom is 0.0638 e. The maximum atomic E-state index is 4.81. The molecule has 15 heavy (non-hydrogen) atoms. The van der Waals surface area contributed by atoms with E-state index >= 15 is 0 Å². The molecule has 2 rings (SSSR count). The van der Waals surface area contributed by atoms with E-state index in [1.165, 1.54) is 35.5 Å². The molecule has 1 N–H and O–H groups in total. The van der Waals surface area contributed by atoms with Crippen molar-refractivity contribution in [2.45, 2.75) is 46.0 Å². The lowest BCUT2D eigenvalue weighted by Crippen LogP contribution is -2.15. The number of hydrogen-bond donors (Lipinski definition) is 1. The van der Waals surface area contributed by atoms with Gasteiger partial charge in [0.05, 0.1) is 11.4 Å². The fraction of sp³-hybridized carbons (Fsp3) is 0.615. The Morgan fingerprint density at radius 2 is 2.27 bits per heavy atom. The first-order chi connectivity index (χ1) is 7.35. The van der Waals surface area contributed by atoms with Crippen LogP contribution in [0.4, 0.5) is 5.69 Å². The highest BCUT2D eigenvalue weighted by Crippen LogP contribution is 2.24. The predicted octanol–water partition coefficient (Wildman–Crippen LogP) is 2.95. The average Bonchev–Trinajstić information content (AvgIpc) is 2.28. The van der Waals surface area contributed by atoms with Gasteiger partial charge in [-0.05, 0) is 37.3 Å². The monoisotopic (exact) mass is 204 g/mol. The second-order valence-corrected chi connectivity index (χ2v) is 4.22. The number of nitrogens with zero attached hydrogens (tertiary/aromatic N) is 1. The number of rotatable bonds is 3. The summed E-state index contributed by atoms with van der Waals surface area (Å²) in [5, 5.41) is 3.44. The van der Waals surface area contributed by atoms with Crippen LogP contribution in [-0.4, -0.2) is 11.5 Å². The van der Waals surface area contributed by atoms with Gasteiger partial charge in [-0.15, -0.1) is 0 Å². The Kier molecular flexibility index (Phi) is 3.24. The summed E-state index contributed by atoms with van der Waals surface area (Å²) in [6.07, 6.45) is 5.76. The van der Waals surface area contributed by atoms with Crippen LogP contribution < -0.4 is 5.32 Å². The van der Waals surface area contributed by atoms with Crippen LogP contribution in [0.3, 0.4) is 0 Å². The lowest BCUT2D eigenvalue weighted by molar-refractivity contribution is 0.771. The summed E-state index contributed by atoms with van der Waals surface area (Å²) >= 11 is 0. The second kappa shape index (κ2) is 4.65. The lowest BCUT2D eigenvalue weighted by Gasteiger charge is -2.19. The Balaban J connectivity index is 2.37. The third-order valence-electron chi connectivity index (χ3n) is 3.04. The van der Waals surface area contributed by atoms with E-state index in [4.69, 9.17) is 4.98 Å². The standard InChI is InChI=1S/C13H20N2/c1-3-6-11-10(4-2)9-13-12(15-11)7-5-8-14-13/h9,14H,3-8H2,1-2H3. The van der Waals surface area contributed by atoms with Crippen molar-refractivity contribution in [1.82, 2.24) is 4.98 Å². The molecule has 2 nitrogen and oxygen atoms in total. The van der Waals surface area contributed by atoms with Crippen molar-refractivity contribution in [1.29, 1.82) is 0 Å². The Morgan fingerprint density at radius 3 is 3.00 bits per heavy atom. The van der Waals surface area contributed by atoms with Gasteiger partial charge in [-0.1, -0.05) is 20.3 Å². The minimum Gasteiger partial charge on any atom is -0.384 e. The van der Waals surface area contributed by atoms with E-state index in [1.807, 2.05) is 0 Å². The van der Waals surface area contributed by atoms with Gasteiger partial charge in [0.1, 0.15) is 0 Å². The molecule has 0 unspecified atom stereocenters. The Labute approximate surface area is 92.1 Å². The number of hydrogen-bond acceptors (Lipinski definition) is 2. The summed E-state index contributed by atoms with van der Waals surface area (Å²) in [6, 6.07) is 2.31. The molecular formula is C13H20N2. The number of aryl methyl sites for hydroxylation is 3. The van der Waals surface area contributed by atoms with Crippen LogP contribution in [-0.2, 0) is 19.3 Å². The molecule has 0 aromatic carbocycles. The molecule has 0 spiro atoms. The largest absolute Gasteiger partial charge is 0.384 e. The van der Waals surface area contributed by atoms with E-state index in [9.17, 15) is 0 Å². The van der Waals surface area contributed by atoms with Gasteiger partial charge in [0.25, 0.3) is 0 Å². The quantitative estimate of drug-likeness (QED) is 0.818. The molecule has 0 saturated carbocycles. The van der Waals surface area contributed by atoms with Gasteiger partial charge in [-0.25, -0.2) is 0 Å². The molecule has 1 aromatic rings. The van der Waals surface area contributed by atoms with E-state index in [0.717, 1.165) is 25.8 Å². The highest BCUT2D eigenvalue weighted by molar-refractivity contribution is 5.52. The Hall–Kier alpha value is -1.05. The molecular weight excluding hydrogens is 184 g/mol. The molecule has 82 valence electrons. The highest BCUT2D eigenvalue weighted by Gasteiger charge is 2.13. The van der Waals surface area contributed by atoms with Crippen LogP contribution >= 0.6 is 0 Å².